The van der Waals surface area contributed by atoms with Crippen molar-refractivity contribution in [3.63, 3.8) is 0 Å². The summed E-state index contributed by atoms with van der Waals surface area (Å²) in [6.07, 6.45) is 2.85. The van der Waals surface area contributed by atoms with E-state index in [1.54, 1.807) is 7.05 Å². The van der Waals surface area contributed by atoms with Crippen LogP contribution < -0.4 is 15.5 Å². The maximum atomic E-state index is 11.5. The second kappa shape index (κ2) is 8.53. The highest BCUT2D eigenvalue weighted by Gasteiger charge is 2.10. The van der Waals surface area contributed by atoms with Crippen molar-refractivity contribution < 1.29 is 4.79 Å². The Morgan fingerprint density at radius 3 is 2.65 bits per heavy atom. The van der Waals surface area contributed by atoms with Crippen LogP contribution in [-0.4, -0.2) is 37.1 Å². The number of amides is 1. The molecule has 5 nitrogen and oxygen atoms in total. The van der Waals surface area contributed by atoms with E-state index in [4.69, 9.17) is 0 Å². The van der Waals surface area contributed by atoms with Crippen LogP contribution in [0.25, 0.3) is 0 Å². The Morgan fingerprint density at radius 1 is 1.40 bits per heavy atom. The number of rotatable bonds is 8. The van der Waals surface area contributed by atoms with Gasteiger partial charge in [0.15, 0.2) is 0 Å². The van der Waals surface area contributed by atoms with Gasteiger partial charge in [-0.1, -0.05) is 26.8 Å². The van der Waals surface area contributed by atoms with E-state index in [1.807, 2.05) is 17.2 Å². The van der Waals surface area contributed by atoms with Crippen LogP contribution in [-0.2, 0) is 11.3 Å². The number of pyridine rings is 1. The van der Waals surface area contributed by atoms with Crippen LogP contribution in [0.2, 0.25) is 0 Å². The van der Waals surface area contributed by atoms with E-state index in [-0.39, 0.29) is 5.91 Å². The molecule has 0 fully saturated rings. The molecule has 5 heteroatoms. The molecule has 0 aliphatic heterocycles. The maximum absolute atomic E-state index is 11.5. The number of nitrogens with one attached hydrogen (secondary N) is 2. The fourth-order valence-electron chi connectivity index (χ4n) is 1.83. The number of carbonyl (C=O) groups excluding carboxylic acids is 1. The molecule has 1 heterocycles. The average Bonchev–Trinajstić information content (AvgIpc) is 2.45. The highest BCUT2D eigenvalue weighted by molar-refractivity contribution is 5.80. The molecule has 1 aromatic rings. The number of likely N-dealkylation sites (N-methyl/N-ethyl adjacent to an activating group) is 1. The topological polar surface area (TPSA) is 57.3 Å². The molecule has 0 unspecified atom stereocenters. The molecule has 0 spiro atoms. The van der Waals surface area contributed by atoms with Gasteiger partial charge in [-0.3, -0.25) is 4.79 Å². The summed E-state index contributed by atoms with van der Waals surface area (Å²) in [6.45, 7) is 8.32. The van der Waals surface area contributed by atoms with Crippen molar-refractivity contribution in [3.8, 4) is 0 Å². The van der Waals surface area contributed by atoms with Crippen molar-refractivity contribution in [2.24, 2.45) is 0 Å². The van der Waals surface area contributed by atoms with Crippen LogP contribution in [0.4, 0.5) is 5.82 Å². The van der Waals surface area contributed by atoms with Crippen molar-refractivity contribution in [1.29, 1.82) is 0 Å². The average molecular weight is 278 g/mol. The first-order valence-electron chi connectivity index (χ1n) is 7.20. The van der Waals surface area contributed by atoms with Crippen LogP contribution in [0, 0.1) is 0 Å². The molecule has 0 aromatic carbocycles. The number of nitrogens with zero attached hydrogens (tertiary/aromatic N) is 2. The lowest BCUT2D eigenvalue weighted by Crippen LogP contribution is -2.36. The van der Waals surface area contributed by atoms with Gasteiger partial charge in [-0.15, -0.1) is 0 Å². The van der Waals surface area contributed by atoms with Gasteiger partial charge in [-0.2, -0.15) is 0 Å². The van der Waals surface area contributed by atoms with Crippen molar-refractivity contribution in [3.05, 3.63) is 23.9 Å². The molecule has 0 radical (unpaired) electrons. The predicted molar refractivity (Wildman–Crippen MR) is 82.8 cm³/mol. The monoisotopic (exact) mass is 278 g/mol. The van der Waals surface area contributed by atoms with Crippen LogP contribution >= 0.6 is 0 Å². The molecular weight excluding hydrogens is 252 g/mol. The van der Waals surface area contributed by atoms with Gasteiger partial charge in [-0.05, 0) is 18.1 Å². The Kier molecular flexibility index (Phi) is 7.01. The first kappa shape index (κ1) is 16.4. The highest BCUT2D eigenvalue weighted by atomic mass is 16.1. The van der Waals surface area contributed by atoms with E-state index in [0.29, 0.717) is 12.6 Å². The lowest BCUT2D eigenvalue weighted by Gasteiger charge is -2.22. The number of aromatic nitrogens is 1. The number of carbonyl (C=O) groups is 1. The summed E-state index contributed by atoms with van der Waals surface area (Å²) in [5.41, 5.74) is 1.15. The Hall–Kier alpha value is -1.62. The third-order valence-corrected chi connectivity index (χ3v) is 2.95. The van der Waals surface area contributed by atoms with Gasteiger partial charge in [0.25, 0.3) is 0 Å². The Balaban J connectivity index is 2.69. The first-order valence-corrected chi connectivity index (χ1v) is 7.20. The standard InChI is InChI=1S/C15H26N4O/c1-5-8-19(11-15(20)16-4)14-7-6-13(10-18-14)9-17-12(2)3/h6-7,10,12,17H,5,8-9,11H2,1-4H3,(H,16,20). The molecule has 0 saturated carbocycles. The largest absolute Gasteiger partial charge is 0.358 e. The van der Waals surface area contributed by atoms with E-state index >= 15 is 0 Å². The zero-order valence-corrected chi connectivity index (χ0v) is 12.9. The molecule has 20 heavy (non-hydrogen) atoms. The van der Waals surface area contributed by atoms with E-state index in [1.165, 1.54) is 0 Å². The third kappa shape index (κ3) is 5.57. The molecule has 1 rings (SSSR count). The van der Waals surface area contributed by atoms with Crippen LogP contribution in [0.5, 0.6) is 0 Å². The molecule has 0 aliphatic carbocycles. The predicted octanol–water partition coefficient (Wildman–Crippen LogP) is 1.54. The molecule has 1 aromatic heterocycles. The molecule has 2 N–H and O–H groups in total. The Bertz CT molecular complexity index is 403. The zero-order valence-electron chi connectivity index (χ0n) is 12.9. The molecule has 0 saturated heterocycles. The number of anilines is 1. The third-order valence-electron chi connectivity index (χ3n) is 2.95. The summed E-state index contributed by atoms with van der Waals surface area (Å²) in [5, 5.41) is 6.01. The summed E-state index contributed by atoms with van der Waals surface area (Å²) >= 11 is 0. The van der Waals surface area contributed by atoms with Gasteiger partial charge in [0.05, 0.1) is 6.54 Å². The van der Waals surface area contributed by atoms with Crippen molar-refractivity contribution in [1.82, 2.24) is 15.6 Å². The normalized spacial score (nSPS) is 10.7. The lowest BCUT2D eigenvalue weighted by molar-refractivity contribution is -0.119. The van der Waals surface area contributed by atoms with Gasteiger partial charge < -0.3 is 15.5 Å². The van der Waals surface area contributed by atoms with Crippen LogP contribution in [0.15, 0.2) is 18.3 Å². The smallest absolute Gasteiger partial charge is 0.239 e. The summed E-state index contributed by atoms with van der Waals surface area (Å²) < 4.78 is 0. The summed E-state index contributed by atoms with van der Waals surface area (Å²) in [7, 11) is 1.65. The molecule has 0 atom stereocenters. The van der Waals surface area contributed by atoms with Gasteiger partial charge in [0, 0.05) is 32.4 Å². The van der Waals surface area contributed by atoms with E-state index < -0.39 is 0 Å². The van der Waals surface area contributed by atoms with E-state index in [0.717, 1.165) is 30.9 Å². The summed E-state index contributed by atoms with van der Waals surface area (Å²) in [5.74, 6) is 0.856. The maximum Gasteiger partial charge on any atom is 0.239 e. The Morgan fingerprint density at radius 2 is 2.15 bits per heavy atom. The van der Waals surface area contributed by atoms with E-state index in [2.05, 4.69) is 42.5 Å². The van der Waals surface area contributed by atoms with Crippen molar-refractivity contribution in [2.75, 3.05) is 25.0 Å². The molecule has 0 aliphatic rings. The fraction of sp³-hybridized carbons (Fsp3) is 0.600. The quantitative estimate of drug-likeness (QED) is 0.757. The second-order valence-corrected chi connectivity index (χ2v) is 5.15. The highest BCUT2D eigenvalue weighted by Crippen LogP contribution is 2.11. The van der Waals surface area contributed by atoms with Gasteiger partial charge in [0.1, 0.15) is 5.82 Å². The molecule has 112 valence electrons. The second-order valence-electron chi connectivity index (χ2n) is 5.15. The first-order chi connectivity index (χ1) is 9.56. The minimum atomic E-state index is 0.00537. The zero-order chi connectivity index (χ0) is 15.0. The SMILES string of the molecule is CCCN(CC(=O)NC)c1ccc(CNC(C)C)cn1. The molecule has 0 bridgehead atoms. The number of hydrogen-bond donors (Lipinski definition) is 2. The fourth-order valence-corrected chi connectivity index (χ4v) is 1.83. The summed E-state index contributed by atoms with van der Waals surface area (Å²) in [6, 6.07) is 4.50. The number of hydrogen-bond acceptors (Lipinski definition) is 4. The van der Waals surface area contributed by atoms with Gasteiger partial charge in [-0.25, -0.2) is 4.98 Å². The lowest BCUT2D eigenvalue weighted by atomic mass is 10.2. The molecule has 1 amide bonds. The van der Waals surface area contributed by atoms with Gasteiger partial charge in [0.2, 0.25) is 5.91 Å². The minimum Gasteiger partial charge on any atom is -0.358 e. The Labute approximate surface area is 121 Å². The minimum absolute atomic E-state index is 0.00537. The van der Waals surface area contributed by atoms with Crippen LogP contribution in [0.1, 0.15) is 32.8 Å². The van der Waals surface area contributed by atoms with Crippen LogP contribution in [0.3, 0.4) is 0 Å². The van der Waals surface area contributed by atoms with Crippen molar-refractivity contribution >= 4 is 11.7 Å². The van der Waals surface area contributed by atoms with E-state index in [9.17, 15) is 4.79 Å². The summed E-state index contributed by atoms with van der Waals surface area (Å²) in [4.78, 5) is 18.0. The van der Waals surface area contributed by atoms with Gasteiger partial charge >= 0.3 is 0 Å². The molecular formula is C15H26N4O. The van der Waals surface area contributed by atoms with Crippen molar-refractivity contribution in [2.45, 2.75) is 39.8 Å².